The molecule has 1 aliphatic rings. The SMILES string of the molecule is CC(N)C1CCCCN1c1nccc2occc12. The molecule has 96 valence electrons. The Labute approximate surface area is 107 Å². The van der Waals surface area contributed by atoms with E-state index in [2.05, 4.69) is 16.8 Å². The summed E-state index contributed by atoms with van der Waals surface area (Å²) in [7, 11) is 0. The van der Waals surface area contributed by atoms with Crippen molar-refractivity contribution in [3.05, 3.63) is 24.6 Å². The monoisotopic (exact) mass is 245 g/mol. The third kappa shape index (κ3) is 1.86. The summed E-state index contributed by atoms with van der Waals surface area (Å²) >= 11 is 0. The second kappa shape index (κ2) is 4.61. The molecule has 2 N–H and O–H groups in total. The number of piperidine rings is 1. The Balaban J connectivity index is 2.03. The number of aromatic nitrogens is 1. The minimum Gasteiger partial charge on any atom is -0.464 e. The lowest BCUT2D eigenvalue weighted by molar-refractivity contribution is 0.412. The molecule has 0 spiro atoms. The van der Waals surface area contributed by atoms with Gasteiger partial charge in [-0.3, -0.25) is 0 Å². The van der Waals surface area contributed by atoms with Gasteiger partial charge < -0.3 is 15.1 Å². The van der Waals surface area contributed by atoms with Crippen LogP contribution >= 0.6 is 0 Å². The van der Waals surface area contributed by atoms with Crippen LogP contribution in [0, 0.1) is 0 Å². The fraction of sp³-hybridized carbons (Fsp3) is 0.500. The first-order valence-electron chi connectivity index (χ1n) is 6.62. The van der Waals surface area contributed by atoms with Gasteiger partial charge in [-0.15, -0.1) is 0 Å². The standard InChI is InChI=1S/C14H19N3O/c1-10(15)12-4-2-3-8-17(12)14-11-6-9-18-13(11)5-7-16-14/h5-7,9-10,12H,2-4,8,15H2,1H3. The molecule has 0 aliphatic carbocycles. The van der Waals surface area contributed by atoms with E-state index in [4.69, 9.17) is 10.2 Å². The van der Waals surface area contributed by atoms with E-state index < -0.39 is 0 Å². The quantitative estimate of drug-likeness (QED) is 0.883. The Morgan fingerprint density at radius 1 is 1.44 bits per heavy atom. The number of fused-ring (bicyclic) bond motifs is 1. The molecule has 0 aromatic carbocycles. The van der Waals surface area contributed by atoms with Crippen molar-refractivity contribution in [2.75, 3.05) is 11.4 Å². The molecule has 4 nitrogen and oxygen atoms in total. The van der Waals surface area contributed by atoms with Crippen molar-refractivity contribution in [1.82, 2.24) is 4.98 Å². The first-order valence-corrected chi connectivity index (χ1v) is 6.62. The van der Waals surface area contributed by atoms with E-state index in [1.165, 1.54) is 12.8 Å². The number of furan rings is 1. The summed E-state index contributed by atoms with van der Waals surface area (Å²) in [6.07, 6.45) is 7.14. The van der Waals surface area contributed by atoms with Crippen molar-refractivity contribution in [3.8, 4) is 0 Å². The van der Waals surface area contributed by atoms with Crippen LogP contribution in [0.2, 0.25) is 0 Å². The Morgan fingerprint density at radius 3 is 3.17 bits per heavy atom. The molecule has 1 fully saturated rings. The minimum atomic E-state index is 0.161. The highest BCUT2D eigenvalue weighted by Gasteiger charge is 2.27. The average Bonchev–Trinajstić information content (AvgIpc) is 2.86. The topological polar surface area (TPSA) is 55.3 Å². The third-order valence-corrected chi connectivity index (χ3v) is 3.79. The Kier molecular flexibility index (Phi) is 2.96. The molecule has 0 radical (unpaired) electrons. The number of pyridine rings is 1. The van der Waals surface area contributed by atoms with Gasteiger partial charge in [-0.1, -0.05) is 0 Å². The molecular formula is C14H19N3O. The van der Waals surface area contributed by atoms with Gasteiger partial charge in [0.1, 0.15) is 11.4 Å². The van der Waals surface area contributed by atoms with Crippen LogP contribution in [0.4, 0.5) is 5.82 Å². The highest BCUT2D eigenvalue weighted by atomic mass is 16.3. The van der Waals surface area contributed by atoms with Crippen molar-refractivity contribution < 1.29 is 4.42 Å². The van der Waals surface area contributed by atoms with Gasteiger partial charge in [0, 0.05) is 24.8 Å². The number of rotatable bonds is 2. The Hall–Kier alpha value is -1.55. The van der Waals surface area contributed by atoms with Crippen molar-refractivity contribution >= 4 is 16.8 Å². The van der Waals surface area contributed by atoms with E-state index in [9.17, 15) is 0 Å². The maximum atomic E-state index is 6.12. The van der Waals surface area contributed by atoms with Crippen LogP contribution in [0.3, 0.4) is 0 Å². The van der Waals surface area contributed by atoms with Gasteiger partial charge in [0.05, 0.1) is 11.6 Å². The second-order valence-electron chi connectivity index (χ2n) is 5.08. The fourth-order valence-corrected chi connectivity index (χ4v) is 2.88. The van der Waals surface area contributed by atoms with Crippen molar-refractivity contribution in [2.24, 2.45) is 5.73 Å². The van der Waals surface area contributed by atoms with E-state index in [1.54, 1.807) is 6.26 Å². The van der Waals surface area contributed by atoms with Gasteiger partial charge in [-0.05, 0) is 38.3 Å². The van der Waals surface area contributed by atoms with Gasteiger partial charge in [-0.25, -0.2) is 4.98 Å². The van der Waals surface area contributed by atoms with Crippen LogP contribution in [0.1, 0.15) is 26.2 Å². The first-order chi connectivity index (χ1) is 8.77. The summed E-state index contributed by atoms with van der Waals surface area (Å²) in [6, 6.07) is 4.44. The third-order valence-electron chi connectivity index (χ3n) is 3.79. The second-order valence-corrected chi connectivity index (χ2v) is 5.08. The van der Waals surface area contributed by atoms with Crippen LogP contribution in [-0.4, -0.2) is 23.6 Å². The Morgan fingerprint density at radius 2 is 2.33 bits per heavy atom. The smallest absolute Gasteiger partial charge is 0.140 e. The normalized spacial score (nSPS) is 22.3. The molecule has 0 amide bonds. The summed E-state index contributed by atoms with van der Waals surface area (Å²) in [4.78, 5) is 6.90. The molecule has 3 heterocycles. The van der Waals surface area contributed by atoms with Gasteiger partial charge in [0.25, 0.3) is 0 Å². The van der Waals surface area contributed by atoms with Crippen molar-refractivity contribution in [2.45, 2.75) is 38.3 Å². The summed E-state index contributed by atoms with van der Waals surface area (Å²) in [5, 5.41) is 1.09. The molecular weight excluding hydrogens is 226 g/mol. The van der Waals surface area contributed by atoms with Gasteiger partial charge in [-0.2, -0.15) is 0 Å². The number of anilines is 1. The van der Waals surface area contributed by atoms with Crippen LogP contribution in [-0.2, 0) is 0 Å². The molecule has 0 saturated carbocycles. The van der Waals surface area contributed by atoms with Gasteiger partial charge in [0.15, 0.2) is 0 Å². The van der Waals surface area contributed by atoms with E-state index in [1.807, 2.05) is 18.3 Å². The van der Waals surface area contributed by atoms with E-state index in [0.717, 1.165) is 29.8 Å². The van der Waals surface area contributed by atoms with Crippen molar-refractivity contribution in [3.63, 3.8) is 0 Å². The minimum absolute atomic E-state index is 0.161. The van der Waals surface area contributed by atoms with Crippen molar-refractivity contribution in [1.29, 1.82) is 0 Å². The van der Waals surface area contributed by atoms with E-state index in [0.29, 0.717) is 6.04 Å². The zero-order chi connectivity index (χ0) is 12.5. The van der Waals surface area contributed by atoms with E-state index >= 15 is 0 Å². The molecule has 1 saturated heterocycles. The van der Waals surface area contributed by atoms with Crippen LogP contribution in [0.5, 0.6) is 0 Å². The molecule has 2 unspecified atom stereocenters. The molecule has 4 heteroatoms. The zero-order valence-corrected chi connectivity index (χ0v) is 10.7. The predicted octanol–water partition coefficient (Wildman–Crippen LogP) is 2.53. The Bertz CT molecular complexity index is 535. The number of hydrogen-bond acceptors (Lipinski definition) is 4. The zero-order valence-electron chi connectivity index (χ0n) is 10.7. The summed E-state index contributed by atoms with van der Waals surface area (Å²) in [6.45, 7) is 3.11. The molecule has 18 heavy (non-hydrogen) atoms. The highest BCUT2D eigenvalue weighted by molar-refractivity contribution is 5.88. The van der Waals surface area contributed by atoms with Crippen LogP contribution in [0.15, 0.2) is 29.0 Å². The van der Waals surface area contributed by atoms with Crippen LogP contribution in [0.25, 0.3) is 11.0 Å². The lowest BCUT2D eigenvalue weighted by Gasteiger charge is -2.39. The lowest BCUT2D eigenvalue weighted by atomic mass is 9.96. The summed E-state index contributed by atoms with van der Waals surface area (Å²) in [5.74, 6) is 1.02. The summed E-state index contributed by atoms with van der Waals surface area (Å²) < 4.78 is 5.45. The molecule has 0 bridgehead atoms. The molecule has 2 atom stereocenters. The molecule has 2 aromatic heterocycles. The predicted molar refractivity (Wildman–Crippen MR) is 72.6 cm³/mol. The lowest BCUT2D eigenvalue weighted by Crippen LogP contribution is -2.49. The summed E-state index contributed by atoms with van der Waals surface area (Å²) in [5.41, 5.74) is 7.02. The average molecular weight is 245 g/mol. The highest BCUT2D eigenvalue weighted by Crippen LogP contribution is 2.30. The molecule has 2 aromatic rings. The number of hydrogen-bond donors (Lipinski definition) is 1. The number of nitrogens with zero attached hydrogens (tertiary/aromatic N) is 2. The van der Waals surface area contributed by atoms with E-state index in [-0.39, 0.29) is 6.04 Å². The molecule has 3 rings (SSSR count). The van der Waals surface area contributed by atoms with Crippen LogP contribution < -0.4 is 10.6 Å². The largest absolute Gasteiger partial charge is 0.464 e. The number of nitrogens with two attached hydrogens (primary N) is 1. The fourth-order valence-electron chi connectivity index (χ4n) is 2.88. The van der Waals surface area contributed by atoms with Gasteiger partial charge in [0.2, 0.25) is 0 Å². The van der Waals surface area contributed by atoms with Gasteiger partial charge >= 0.3 is 0 Å². The maximum Gasteiger partial charge on any atom is 0.140 e. The molecule has 1 aliphatic heterocycles. The maximum absolute atomic E-state index is 6.12. The first kappa shape index (κ1) is 11.5.